The summed E-state index contributed by atoms with van der Waals surface area (Å²) in [5, 5.41) is 3.57. The van der Waals surface area contributed by atoms with Crippen LogP contribution in [0.3, 0.4) is 0 Å². The minimum Gasteiger partial charge on any atom is -0.361 e. The molecule has 1 aliphatic carbocycles. The van der Waals surface area contributed by atoms with Crippen LogP contribution in [0.4, 0.5) is 0 Å². The number of rotatable bonds is 0. The van der Waals surface area contributed by atoms with Crippen molar-refractivity contribution < 1.29 is 4.74 Å². The van der Waals surface area contributed by atoms with Gasteiger partial charge in [-0.1, -0.05) is 12.8 Å². The average Bonchev–Trinajstić information content (AvgIpc) is 2.02. The van der Waals surface area contributed by atoms with Crippen molar-refractivity contribution >= 4 is 0 Å². The maximum Gasteiger partial charge on any atom is 0.113 e. The van der Waals surface area contributed by atoms with Crippen molar-refractivity contribution in [2.75, 3.05) is 6.61 Å². The predicted octanol–water partition coefficient (Wildman–Crippen LogP) is 1.90. The second kappa shape index (κ2) is 3.00. The van der Waals surface area contributed by atoms with Gasteiger partial charge < -0.3 is 4.74 Å². The monoisotopic (exact) mass is 169 g/mol. The van der Waals surface area contributed by atoms with E-state index in [-0.39, 0.29) is 5.72 Å². The Balaban J connectivity index is 1.99. The first-order valence-electron chi connectivity index (χ1n) is 5.09. The highest BCUT2D eigenvalue weighted by Crippen LogP contribution is 2.30. The second-order valence-electron chi connectivity index (χ2n) is 4.62. The summed E-state index contributed by atoms with van der Waals surface area (Å²) >= 11 is 0. The van der Waals surface area contributed by atoms with Crippen LogP contribution in [0.5, 0.6) is 0 Å². The lowest BCUT2D eigenvalue weighted by Crippen LogP contribution is -2.57. The molecular weight excluding hydrogens is 150 g/mol. The summed E-state index contributed by atoms with van der Waals surface area (Å²) in [6.07, 6.45) is 5.49. The quantitative estimate of drug-likeness (QED) is 0.598. The van der Waals surface area contributed by atoms with E-state index >= 15 is 0 Å². The highest BCUT2D eigenvalue weighted by Gasteiger charge is 2.35. The fourth-order valence-corrected chi connectivity index (χ4v) is 2.40. The Kier molecular flexibility index (Phi) is 2.13. The van der Waals surface area contributed by atoms with Crippen molar-refractivity contribution in [1.29, 1.82) is 0 Å². The van der Waals surface area contributed by atoms with Gasteiger partial charge in [0.15, 0.2) is 0 Å². The molecule has 2 aliphatic rings. The van der Waals surface area contributed by atoms with Gasteiger partial charge in [-0.05, 0) is 32.6 Å². The van der Waals surface area contributed by atoms with E-state index in [4.69, 9.17) is 4.74 Å². The van der Waals surface area contributed by atoms with E-state index in [0.717, 1.165) is 18.6 Å². The molecule has 1 N–H and O–H groups in total. The molecule has 0 amide bonds. The zero-order valence-corrected chi connectivity index (χ0v) is 8.10. The molecule has 2 fully saturated rings. The van der Waals surface area contributed by atoms with Crippen molar-refractivity contribution in [2.24, 2.45) is 5.92 Å². The van der Waals surface area contributed by atoms with E-state index in [1.54, 1.807) is 0 Å². The van der Waals surface area contributed by atoms with Gasteiger partial charge in [0, 0.05) is 6.04 Å². The molecule has 1 saturated heterocycles. The standard InChI is InChI=1S/C10H19NO/c1-10(2)11-9-6-4-3-5-8(9)7-12-10/h8-9,11H,3-7H2,1-2H3. The fourth-order valence-electron chi connectivity index (χ4n) is 2.40. The summed E-state index contributed by atoms with van der Waals surface area (Å²) in [5.74, 6) is 0.784. The van der Waals surface area contributed by atoms with Gasteiger partial charge >= 0.3 is 0 Å². The zero-order chi connectivity index (χ0) is 8.60. The van der Waals surface area contributed by atoms with E-state index in [9.17, 15) is 0 Å². The maximum absolute atomic E-state index is 5.72. The molecule has 1 heterocycles. The zero-order valence-electron chi connectivity index (χ0n) is 8.10. The number of hydrogen-bond acceptors (Lipinski definition) is 2. The van der Waals surface area contributed by atoms with E-state index in [0.29, 0.717) is 0 Å². The molecule has 2 rings (SSSR count). The number of ether oxygens (including phenoxy) is 1. The smallest absolute Gasteiger partial charge is 0.113 e. The van der Waals surface area contributed by atoms with Crippen LogP contribution in [0.2, 0.25) is 0 Å². The van der Waals surface area contributed by atoms with E-state index in [2.05, 4.69) is 19.2 Å². The third-order valence-electron chi connectivity index (χ3n) is 3.10. The Morgan fingerprint density at radius 2 is 2.00 bits per heavy atom. The Morgan fingerprint density at radius 3 is 2.83 bits per heavy atom. The van der Waals surface area contributed by atoms with Crippen LogP contribution in [-0.2, 0) is 4.74 Å². The van der Waals surface area contributed by atoms with Gasteiger partial charge in [-0.25, -0.2) is 0 Å². The molecule has 2 atom stereocenters. The van der Waals surface area contributed by atoms with Gasteiger partial charge in [-0.15, -0.1) is 0 Å². The van der Waals surface area contributed by atoms with Gasteiger partial charge in [0.2, 0.25) is 0 Å². The molecule has 0 aromatic carbocycles. The Morgan fingerprint density at radius 1 is 1.25 bits per heavy atom. The molecule has 2 unspecified atom stereocenters. The predicted molar refractivity (Wildman–Crippen MR) is 48.9 cm³/mol. The second-order valence-corrected chi connectivity index (χ2v) is 4.62. The van der Waals surface area contributed by atoms with E-state index < -0.39 is 0 Å². The average molecular weight is 169 g/mol. The lowest BCUT2D eigenvalue weighted by molar-refractivity contribution is -0.118. The minimum absolute atomic E-state index is 0.0848. The lowest BCUT2D eigenvalue weighted by atomic mass is 9.83. The molecule has 0 bridgehead atoms. The molecule has 0 radical (unpaired) electrons. The Labute approximate surface area is 74.7 Å². The molecule has 0 aromatic rings. The first-order valence-corrected chi connectivity index (χ1v) is 5.09. The van der Waals surface area contributed by atoms with Crippen molar-refractivity contribution in [3.05, 3.63) is 0 Å². The third-order valence-corrected chi connectivity index (χ3v) is 3.10. The summed E-state index contributed by atoms with van der Waals surface area (Å²) in [5.41, 5.74) is -0.0848. The van der Waals surface area contributed by atoms with Crippen LogP contribution in [0.25, 0.3) is 0 Å². The van der Waals surface area contributed by atoms with Crippen LogP contribution in [-0.4, -0.2) is 18.4 Å². The maximum atomic E-state index is 5.72. The molecule has 0 spiro atoms. The molecule has 1 aliphatic heterocycles. The SMILES string of the molecule is CC1(C)NC2CCCCC2CO1. The summed E-state index contributed by atoms with van der Waals surface area (Å²) in [4.78, 5) is 0. The van der Waals surface area contributed by atoms with Crippen LogP contribution in [0.15, 0.2) is 0 Å². The lowest BCUT2D eigenvalue weighted by Gasteiger charge is -2.44. The van der Waals surface area contributed by atoms with Crippen molar-refractivity contribution in [2.45, 2.75) is 51.3 Å². The largest absolute Gasteiger partial charge is 0.361 e. The number of hydrogen-bond donors (Lipinski definition) is 1. The van der Waals surface area contributed by atoms with Crippen molar-refractivity contribution in [3.8, 4) is 0 Å². The molecular formula is C10H19NO. The molecule has 2 heteroatoms. The van der Waals surface area contributed by atoms with Gasteiger partial charge in [0.05, 0.1) is 6.61 Å². The molecule has 0 aromatic heterocycles. The van der Waals surface area contributed by atoms with Gasteiger partial charge in [0.1, 0.15) is 5.72 Å². The topological polar surface area (TPSA) is 21.3 Å². The highest BCUT2D eigenvalue weighted by atomic mass is 16.5. The van der Waals surface area contributed by atoms with Crippen LogP contribution >= 0.6 is 0 Å². The summed E-state index contributed by atoms with van der Waals surface area (Å²) < 4.78 is 5.72. The summed E-state index contributed by atoms with van der Waals surface area (Å²) in [6.45, 7) is 5.21. The van der Waals surface area contributed by atoms with Gasteiger partial charge in [-0.2, -0.15) is 0 Å². The number of fused-ring (bicyclic) bond motifs is 1. The fraction of sp³-hybridized carbons (Fsp3) is 1.00. The first kappa shape index (κ1) is 8.52. The molecule has 12 heavy (non-hydrogen) atoms. The van der Waals surface area contributed by atoms with Crippen molar-refractivity contribution in [3.63, 3.8) is 0 Å². The van der Waals surface area contributed by atoms with Crippen LogP contribution in [0, 0.1) is 5.92 Å². The summed E-state index contributed by atoms with van der Waals surface area (Å²) in [6, 6.07) is 0.725. The molecule has 2 nitrogen and oxygen atoms in total. The molecule has 70 valence electrons. The Hall–Kier alpha value is -0.0800. The first-order chi connectivity index (χ1) is 5.67. The minimum atomic E-state index is -0.0848. The van der Waals surface area contributed by atoms with E-state index in [1.165, 1.54) is 25.7 Å². The van der Waals surface area contributed by atoms with Crippen LogP contribution < -0.4 is 5.32 Å². The summed E-state index contributed by atoms with van der Waals surface area (Å²) in [7, 11) is 0. The van der Waals surface area contributed by atoms with Crippen molar-refractivity contribution in [1.82, 2.24) is 5.32 Å². The normalized spacial score (nSPS) is 40.5. The van der Waals surface area contributed by atoms with E-state index in [1.807, 2.05) is 0 Å². The van der Waals surface area contributed by atoms with Crippen LogP contribution in [0.1, 0.15) is 39.5 Å². The molecule has 1 saturated carbocycles. The van der Waals surface area contributed by atoms with Gasteiger partial charge in [0.25, 0.3) is 0 Å². The Bertz CT molecular complexity index is 167. The van der Waals surface area contributed by atoms with Gasteiger partial charge in [-0.3, -0.25) is 5.32 Å². The number of nitrogens with one attached hydrogen (secondary N) is 1. The highest BCUT2D eigenvalue weighted by molar-refractivity contribution is 4.88. The third kappa shape index (κ3) is 1.64.